The Balaban J connectivity index is 1.71. The van der Waals surface area contributed by atoms with Crippen LogP contribution in [0.2, 0.25) is 0 Å². The van der Waals surface area contributed by atoms with Gasteiger partial charge >= 0.3 is 0 Å². The first kappa shape index (κ1) is 20.4. The lowest BCUT2D eigenvalue weighted by atomic mass is 9.80. The molecule has 2 amide bonds. The number of nitrogens with zero attached hydrogens (tertiary/aromatic N) is 1. The van der Waals surface area contributed by atoms with Gasteiger partial charge in [0.05, 0.1) is 18.0 Å². The molecule has 0 bridgehead atoms. The fraction of sp³-hybridized carbons (Fsp3) is 0.391. The van der Waals surface area contributed by atoms with Crippen LogP contribution in [0, 0.1) is 5.41 Å². The molecule has 4 rings (SSSR count). The molecule has 2 N–H and O–H groups in total. The van der Waals surface area contributed by atoms with Crippen molar-refractivity contribution in [1.82, 2.24) is 10.4 Å². The van der Waals surface area contributed by atoms with Gasteiger partial charge in [0.25, 0.3) is 5.91 Å². The highest BCUT2D eigenvalue weighted by atomic mass is 16.5. The van der Waals surface area contributed by atoms with E-state index in [-0.39, 0.29) is 18.6 Å². The monoisotopic (exact) mass is 410 g/mol. The van der Waals surface area contributed by atoms with Crippen LogP contribution in [0.5, 0.6) is 5.75 Å². The quantitative estimate of drug-likeness (QED) is 0.600. The molecule has 2 aromatic carbocycles. The summed E-state index contributed by atoms with van der Waals surface area (Å²) in [4.78, 5) is 27.5. The Hall–Kier alpha value is -2.90. The van der Waals surface area contributed by atoms with Crippen molar-refractivity contribution in [2.24, 2.45) is 5.41 Å². The summed E-state index contributed by atoms with van der Waals surface area (Å²) >= 11 is 0. The summed E-state index contributed by atoms with van der Waals surface area (Å²) in [6, 6.07) is 14.6. The number of benzene rings is 2. The number of nitrogens with one attached hydrogen (secondary N) is 1. The molecule has 30 heavy (non-hydrogen) atoms. The molecule has 1 atom stereocenters. The second-order valence-corrected chi connectivity index (χ2v) is 8.11. The van der Waals surface area contributed by atoms with Crippen LogP contribution in [-0.4, -0.2) is 41.7 Å². The number of carbonyl (C=O) groups excluding carboxylic acids is 2. The van der Waals surface area contributed by atoms with Gasteiger partial charge in [-0.05, 0) is 30.5 Å². The van der Waals surface area contributed by atoms with Gasteiger partial charge in [0.15, 0.2) is 0 Å². The fourth-order valence-electron chi connectivity index (χ4n) is 4.12. The van der Waals surface area contributed by atoms with Crippen molar-refractivity contribution in [3.05, 3.63) is 65.2 Å². The van der Waals surface area contributed by atoms with Crippen LogP contribution in [0.15, 0.2) is 48.5 Å². The Kier molecular flexibility index (Phi) is 5.74. The third-order valence-electron chi connectivity index (χ3n) is 6.10. The van der Waals surface area contributed by atoms with Gasteiger partial charge in [-0.25, -0.2) is 5.48 Å². The number of rotatable bonds is 3. The highest BCUT2D eigenvalue weighted by molar-refractivity contribution is 5.94. The van der Waals surface area contributed by atoms with Gasteiger partial charge in [-0.15, -0.1) is 0 Å². The number of hydrogen-bond acceptors (Lipinski definition) is 5. The molecule has 158 valence electrons. The van der Waals surface area contributed by atoms with Crippen molar-refractivity contribution in [1.29, 1.82) is 0 Å². The van der Waals surface area contributed by atoms with Crippen LogP contribution < -0.4 is 10.2 Å². The first-order valence-electron chi connectivity index (χ1n) is 10.2. The maximum absolute atomic E-state index is 13.8. The van der Waals surface area contributed by atoms with E-state index in [0.717, 1.165) is 11.1 Å². The highest BCUT2D eigenvalue weighted by Crippen LogP contribution is 2.39. The Bertz CT molecular complexity index is 924. The number of hydrogen-bond donors (Lipinski definition) is 2. The summed E-state index contributed by atoms with van der Waals surface area (Å²) in [7, 11) is 0. The lowest BCUT2D eigenvalue weighted by Gasteiger charge is -2.39. The molecule has 0 aliphatic carbocycles. The van der Waals surface area contributed by atoms with Crippen LogP contribution in [0.25, 0.3) is 0 Å². The molecule has 2 aliphatic heterocycles. The van der Waals surface area contributed by atoms with Crippen molar-refractivity contribution < 1.29 is 24.3 Å². The second kappa shape index (κ2) is 8.45. The Morgan fingerprint density at radius 2 is 1.87 bits per heavy atom. The molecule has 2 aliphatic rings. The molecular formula is C23H26N2O5. The van der Waals surface area contributed by atoms with Crippen LogP contribution >= 0.6 is 0 Å². The summed E-state index contributed by atoms with van der Waals surface area (Å²) < 4.78 is 11.6. The van der Waals surface area contributed by atoms with E-state index in [9.17, 15) is 9.59 Å². The molecule has 2 heterocycles. The van der Waals surface area contributed by atoms with Crippen molar-refractivity contribution in [2.45, 2.75) is 32.4 Å². The topological polar surface area (TPSA) is 88.1 Å². The molecule has 0 unspecified atom stereocenters. The average molecular weight is 410 g/mol. The van der Waals surface area contributed by atoms with E-state index in [1.54, 1.807) is 23.7 Å². The lowest BCUT2D eigenvalue weighted by molar-refractivity contribution is -0.150. The van der Waals surface area contributed by atoms with Gasteiger partial charge in [0.1, 0.15) is 12.4 Å². The summed E-state index contributed by atoms with van der Waals surface area (Å²) in [5.41, 5.74) is 3.29. The van der Waals surface area contributed by atoms with Gasteiger partial charge in [-0.1, -0.05) is 43.3 Å². The zero-order chi connectivity index (χ0) is 21.1. The number of amides is 2. The maximum atomic E-state index is 13.8. The largest absolute Gasteiger partial charge is 0.491 e. The van der Waals surface area contributed by atoms with E-state index < -0.39 is 11.3 Å². The SMILES string of the molecule is CC1(C(=O)N2Cc3ccc(C(=O)NO)cc3OC[C@@H]2c2ccccc2)CCOCC1. The predicted molar refractivity (Wildman–Crippen MR) is 109 cm³/mol. The molecule has 1 fully saturated rings. The first-order valence-corrected chi connectivity index (χ1v) is 10.2. The van der Waals surface area contributed by atoms with E-state index in [1.165, 1.54) is 0 Å². The highest BCUT2D eigenvalue weighted by Gasteiger charge is 2.42. The molecule has 0 radical (unpaired) electrons. The van der Waals surface area contributed by atoms with E-state index in [4.69, 9.17) is 14.7 Å². The molecule has 2 aromatic rings. The van der Waals surface area contributed by atoms with Gasteiger partial charge in [0.2, 0.25) is 5.91 Å². The molecule has 7 heteroatoms. The minimum Gasteiger partial charge on any atom is -0.491 e. The summed E-state index contributed by atoms with van der Waals surface area (Å²) in [6.45, 7) is 3.84. The third kappa shape index (κ3) is 3.91. The Morgan fingerprint density at radius 1 is 1.13 bits per heavy atom. The molecule has 0 saturated carbocycles. The van der Waals surface area contributed by atoms with E-state index in [1.807, 2.05) is 42.2 Å². The number of carbonyl (C=O) groups is 2. The molecule has 7 nitrogen and oxygen atoms in total. The molecule has 1 saturated heterocycles. The molecule has 0 aromatic heterocycles. The van der Waals surface area contributed by atoms with E-state index in [0.29, 0.717) is 43.9 Å². The smallest absolute Gasteiger partial charge is 0.274 e. The third-order valence-corrected chi connectivity index (χ3v) is 6.10. The van der Waals surface area contributed by atoms with Crippen molar-refractivity contribution in [2.75, 3.05) is 19.8 Å². The van der Waals surface area contributed by atoms with Crippen LogP contribution in [0.4, 0.5) is 0 Å². The number of hydroxylamine groups is 1. The predicted octanol–water partition coefficient (Wildman–Crippen LogP) is 3.08. The number of fused-ring (bicyclic) bond motifs is 1. The standard InChI is InChI=1S/C23H26N2O5/c1-23(9-11-29-12-10-23)22(27)25-14-18-8-7-17(21(26)24-28)13-20(18)30-15-19(25)16-5-3-2-4-6-16/h2-8,13,19,28H,9-12,14-15H2,1H3,(H,24,26)/t19-/m1/s1. The maximum Gasteiger partial charge on any atom is 0.274 e. The first-order chi connectivity index (χ1) is 14.5. The summed E-state index contributed by atoms with van der Waals surface area (Å²) in [5, 5.41) is 8.92. The normalized spacial score (nSPS) is 20.5. The van der Waals surface area contributed by atoms with Gasteiger partial charge in [-0.2, -0.15) is 0 Å². The number of ether oxygens (including phenoxy) is 2. The summed E-state index contributed by atoms with van der Waals surface area (Å²) in [6.07, 6.45) is 1.38. The van der Waals surface area contributed by atoms with Crippen LogP contribution in [0.3, 0.4) is 0 Å². The summed E-state index contributed by atoms with van der Waals surface area (Å²) in [5.74, 6) is 0.0330. The molecular weight excluding hydrogens is 384 g/mol. The zero-order valence-electron chi connectivity index (χ0n) is 17.0. The average Bonchev–Trinajstić information content (AvgIpc) is 2.98. The van der Waals surface area contributed by atoms with Crippen LogP contribution in [-0.2, 0) is 16.1 Å². The fourth-order valence-corrected chi connectivity index (χ4v) is 4.12. The van der Waals surface area contributed by atoms with Crippen molar-refractivity contribution in [3.8, 4) is 5.75 Å². The minimum atomic E-state index is -0.604. The van der Waals surface area contributed by atoms with Crippen LogP contribution in [0.1, 0.15) is 47.3 Å². The Labute approximate surface area is 175 Å². The molecule has 0 spiro atoms. The van der Waals surface area contributed by atoms with E-state index >= 15 is 0 Å². The minimum absolute atomic E-state index is 0.0910. The van der Waals surface area contributed by atoms with Gasteiger partial charge in [0, 0.05) is 24.3 Å². The Morgan fingerprint density at radius 3 is 2.57 bits per heavy atom. The van der Waals surface area contributed by atoms with Crippen molar-refractivity contribution >= 4 is 11.8 Å². The second-order valence-electron chi connectivity index (χ2n) is 8.11. The van der Waals surface area contributed by atoms with Gasteiger partial charge < -0.3 is 14.4 Å². The zero-order valence-corrected chi connectivity index (χ0v) is 17.0. The van der Waals surface area contributed by atoms with Crippen molar-refractivity contribution in [3.63, 3.8) is 0 Å². The van der Waals surface area contributed by atoms with Gasteiger partial charge in [-0.3, -0.25) is 14.8 Å². The van der Waals surface area contributed by atoms with E-state index in [2.05, 4.69) is 0 Å². The lowest BCUT2D eigenvalue weighted by Crippen LogP contribution is -2.47.